The molecule has 428 valence electrons. The number of carbonyl (C=O) groups excluding carboxylic acids is 3. The minimum atomic E-state index is -0.764. The summed E-state index contributed by atoms with van der Waals surface area (Å²) in [7, 11) is 0. The lowest BCUT2D eigenvalue weighted by atomic mass is 10.0. The molecule has 0 N–H and O–H groups in total. The minimum Gasteiger partial charge on any atom is -0.462 e. The second kappa shape index (κ2) is 58.7. The normalized spacial score (nSPS) is 12.0. The molecule has 1 atom stereocenters. The summed E-state index contributed by atoms with van der Waals surface area (Å²) in [5.41, 5.74) is 0. The van der Waals surface area contributed by atoms with Gasteiger partial charge in [-0.3, -0.25) is 14.4 Å². The van der Waals surface area contributed by atoms with E-state index in [4.69, 9.17) is 14.2 Å². The summed E-state index contributed by atoms with van der Waals surface area (Å²) in [5, 5.41) is 0. The molecule has 0 rings (SSSR count). The van der Waals surface area contributed by atoms with Crippen LogP contribution in [0.25, 0.3) is 0 Å². The van der Waals surface area contributed by atoms with Gasteiger partial charge in [0.1, 0.15) is 13.2 Å². The Balaban J connectivity index is 4.26. The van der Waals surface area contributed by atoms with Gasteiger partial charge in [0.05, 0.1) is 0 Å². The Bertz CT molecular complexity index is 1100. The van der Waals surface area contributed by atoms with E-state index in [1.54, 1.807) is 0 Å². The van der Waals surface area contributed by atoms with Gasteiger partial charge in [0, 0.05) is 19.3 Å². The van der Waals surface area contributed by atoms with Gasteiger partial charge in [0.25, 0.3) is 0 Å². The van der Waals surface area contributed by atoms with E-state index in [-0.39, 0.29) is 31.1 Å². The van der Waals surface area contributed by atoms with Crippen LogP contribution in [0.5, 0.6) is 0 Å². The Hall–Kier alpha value is -1.59. The zero-order valence-electron chi connectivity index (χ0n) is 49.6. The SMILES string of the molecule is CCCCCCCCCCCCCCCCCCCC(=O)OC[C@@H](COC(=O)CCCCCCCCCCCCCCCCCCCCC(C)C)OC(=O)CCCCCCCCCCCCCCCC(C)C. The molecule has 0 bridgehead atoms. The van der Waals surface area contributed by atoms with Gasteiger partial charge < -0.3 is 14.2 Å². The quantitative estimate of drug-likeness (QED) is 0.0343. The summed E-state index contributed by atoms with van der Waals surface area (Å²) in [5.74, 6) is 0.868. The van der Waals surface area contributed by atoms with Crippen molar-refractivity contribution >= 4 is 17.9 Å². The smallest absolute Gasteiger partial charge is 0.306 e. The second-order valence-corrected chi connectivity index (χ2v) is 23.7. The highest BCUT2D eigenvalue weighted by atomic mass is 16.6. The Kier molecular flexibility index (Phi) is 57.4. The number of ether oxygens (including phenoxy) is 3. The van der Waals surface area contributed by atoms with Crippen molar-refractivity contribution in [3.63, 3.8) is 0 Å². The topological polar surface area (TPSA) is 78.9 Å². The fraction of sp³-hybridized carbons (Fsp3) is 0.955. The molecular weight excluding hydrogens is 889 g/mol. The first-order chi connectivity index (χ1) is 35.2. The molecule has 0 aromatic heterocycles. The van der Waals surface area contributed by atoms with Crippen molar-refractivity contribution in [3.05, 3.63) is 0 Å². The van der Waals surface area contributed by atoms with Gasteiger partial charge in [0.2, 0.25) is 0 Å². The average Bonchev–Trinajstić information content (AvgIpc) is 3.36. The molecule has 6 nitrogen and oxygen atoms in total. The number of hydrogen-bond donors (Lipinski definition) is 0. The predicted octanol–water partition coefficient (Wildman–Crippen LogP) is 22.0. The minimum absolute atomic E-state index is 0.0617. The summed E-state index contributed by atoms with van der Waals surface area (Å²) in [6.07, 6.45) is 65.4. The second-order valence-electron chi connectivity index (χ2n) is 23.7. The van der Waals surface area contributed by atoms with Crippen molar-refractivity contribution in [2.24, 2.45) is 11.8 Å². The number of esters is 3. The van der Waals surface area contributed by atoms with Crippen molar-refractivity contribution in [2.75, 3.05) is 13.2 Å². The maximum atomic E-state index is 12.9. The summed E-state index contributed by atoms with van der Waals surface area (Å²) in [6, 6.07) is 0. The fourth-order valence-corrected chi connectivity index (χ4v) is 10.3. The maximum Gasteiger partial charge on any atom is 0.306 e. The third-order valence-electron chi connectivity index (χ3n) is 15.2. The molecule has 0 aromatic carbocycles. The first-order valence-corrected chi connectivity index (χ1v) is 32.7. The summed E-state index contributed by atoms with van der Waals surface area (Å²) in [6.45, 7) is 11.5. The molecule has 0 aliphatic rings. The van der Waals surface area contributed by atoms with Crippen LogP contribution < -0.4 is 0 Å². The highest BCUT2D eigenvalue weighted by molar-refractivity contribution is 5.71. The number of rotatable bonds is 60. The first-order valence-electron chi connectivity index (χ1n) is 32.7. The zero-order chi connectivity index (χ0) is 52.5. The van der Waals surface area contributed by atoms with Crippen LogP contribution >= 0.6 is 0 Å². The van der Waals surface area contributed by atoms with Crippen molar-refractivity contribution in [1.29, 1.82) is 0 Å². The molecule has 0 saturated heterocycles. The van der Waals surface area contributed by atoms with E-state index in [1.807, 2.05) is 0 Å². The molecule has 0 spiro atoms. The monoisotopic (exact) mass is 1020 g/mol. The van der Waals surface area contributed by atoms with E-state index >= 15 is 0 Å². The third kappa shape index (κ3) is 59.3. The molecule has 0 aliphatic heterocycles. The molecular formula is C66H128O6. The fourth-order valence-electron chi connectivity index (χ4n) is 10.3. The van der Waals surface area contributed by atoms with Gasteiger partial charge >= 0.3 is 17.9 Å². The van der Waals surface area contributed by atoms with Crippen LogP contribution in [0.1, 0.15) is 375 Å². The summed E-state index contributed by atoms with van der Waals surface area (Å²) >= 11 is 0. The summed E-state index contributed by atoms with van der Waals surface area (Å²) < 4.78 is 17.0. The lowest BCUT2D eigenvalue weighted by molar-refractivity contribution is -0.167. The van der Waals surface area contributed by atoms with Gasteiger partial charge in [-0.25, -0.2) is 0 Å². The van der Waals surface area contributed by atoms with E-state index in [0.717, 1.165) is 69.6 Å². The van der Waals surface area contributed by atoms with Crippen LogP contribution in [-0.2, 0) is 28.6 Å². The van der Waals surface area contributed by atoms with Crippen molar-refractivity contribution in [3.8, 4) is 0 Å². The predicted molar refractivity (Wildman–Crippen MR) is 312 cm³/mol. The molecule has 6 heteroatoms. The molecule has 0 amide bonds. The number of carbonyl (C=O) groups is 3. The highest BCUT2D eigenvalue weighted by Crippen LogP contribution is 2.19. The van der Waals surface area contributed by atoms with Crippen molar-refractivity contribution in [2.45, 2.75) is 381 Å². The maximum absolute atomic E-state index is 12.9. The van der Waals surface area contributed by atoms with Crippen LogP contribution in [0.15, 0.2) is 0 Å². The van der Waals surface area contributed by atoms with Gasteiger partial charge in [-0.1, -0.05) is 336 Å². The van der Waals surface area contributed by atoms with Gasteiger partial charge in [0.15, 0.2) is 6.10 Å². The Morgan fingerprint density at radius 1 is 0.264 bits per heavy atom. The molecule has 0 heterocycles. The Morgan fingerprint density at radius 2 is 0.458 bits per heavy atom. The number of hydrogen-bond acceptors (Lipinski definition) is 6. The van der Waals surface area contributed by atoms with E-state index in [0.29, 0.717) is 19.3 Å². The first kappa shape index (κ1) is 70.4. The number of unbranched alkanes of at least 4 members (excludes halogenated alkanes) is 45. The molecule has 72 heavy (non-hydrogen) atoms. The zero-order valence-corrected chi connectivity index (χ0v) is 49.6. The lowest BCUT2D eigenvalue weighted by Crippen LogP contribution is -2.30. The van der Waals surface area contributed by atoms with Gasteiger partial charge in [-0.05, 0) is 31.1 Å². The molecule has 0 radical (unpaired) electrons. The molecule has 0 saturated carbocycles. The molecule has 0 aliphatic carbocycles. The van der Waals surface area contributed by atoms with Crippen molar-refractivity contribution < 1.29 is 28.6 Å². The van der Waals surface area contributed by atoms with Crippen LogP contribution in [0.3, 0.4) is 0 Å². The van der Waals surface area contributed by atoms with Crippen LogP contribution in [-0.4, -0.2) is 37.2 Å². The van der Waals surface area contributed by atoms with E-state index in [1.165, 1.54) is 263 Å². The molecule has 0 aromatic rings. The molecule has 0 fully saturated rings. The third-order valence-corrected chi connectivity index (χ3v) is 15.2. The van der Waals surface area contributed by atoms with Crippen LogP contribution in [0, 0.1) is 11.8 Å². The lowest BCUT2D eigenvalue weighted by Gasteiger charge is -2.18. The van der Waals surface area contributed by atoms with Gasteiger partial charge in [-0.2, -0.15) is 0 Å². The van der Waals surface area contributed by atoms with Crippen molar-refractivity contribution in [1.82, 2.24) is 0 Å². The average molecular weight is 1020 g/mol. The van der Waals surface area contributed by atoms with Gasteiger partial charge in [-0.15, -0.1) is 0 Å². The Labute approximate surface area is 450 Å². The standard InChI is InChI=1S/C66H128O6/c1-6-7-8-9-10-11-12-13-14-17-21-26-31-36-41-46-51-56-64(67)70-59-63(72-66(69)58-53-48-43-38-33-28-23-25-30-35-40-45-50-55-62(4)5)60-71-65(68)57-52-47-42-37-32-27-22-19-16-15-18-20-24-29-34-39-44-49-54-61(2)3/h61-63H,6-60H2,1-5H3/t63-/m0/s1. The summed E-state index contributed by atoms with van der Waals surface area (Å²) in [4.78, 5) is 38.3. The van der Waals surface area contributed by atoms with Crippen LogP contribution in [0.4, 0.5) is 0 Å². The van der Waals surface area contributed by atoms with E-state index in [9.17, 15) is 14.4 Å². The largest absolute Gasteiger partial charge is 0.462 e. The molecule has 0 unspecified atom stereocenters. The highest BCUT2D eigenvalue weighted by Gasteiger charge is 2.19. The Morgan fingerprint density at radius 3 is 0.681 bits per heavy atom. The van der Waals surface area contributed by atoms with E-state index < -0.39 is 6.10 Å². The van der Waals surface area contributed by atoms with E-state index in [2.05, 4.69) is 34.6 Å². The van der Waals surface area contributed by atoms with Crippen LogP contribution in [0.2, 0.25) is 0 Å².